The summed E-state index contributed by atoms with van der Waals surface area (Å²) in [6.45, 7) is 1.88. The van der Waals surface area contributed by atoms with Gasteiger partial charge < -0.3 is 10.1 Å². The summed E-state index contributed by atoms with van der Waals surface area (Å²) in [5, 5.41) is 7.30. The van der Waals surface area contributed by atoms with E-state index in [4.69, 9.17) is 4.74 Å². The second-order valence-corrected chi connectivity index (χ2v) is 7.06. The van der Waals surface area contributed by atoms with Crippen molar-refractivity contribution in [3.8, 4) is 23.0 Å². The average Bonchev–Trinajstić information content (AvgIpc) is 3.45. The Bertz CT molecular complexity index is 1420. The Morgan fingerprint density at radius 1 is 1.06 bits per heavy atom. The van der Waals surface area contributed by atoms with E-state index in [0.717, 1.165) is 22.7 Å². The number of pyridine rings is 1. The summed E-state index contributed by atoms with van der Waals surface area (Å²) in [7, 11) is 1.62. The van der Waals surface area contributed by atoms with Crippen LogP contribution in [0.15, 0.2) is 73.4 Å². The molecule has 4 aromatic heterocycles. The molecule has 0 radical (unpaired) electrons. The molecule has 0 bridgehead atoms. The zero-order chi connectivity index (χ0) is 22.1. The van der Waals surface area contributed by atoms with Crippen molar-refractivity contribution in [1.82, 2.24) is 29.1 Å². The third kappa shape index (κ3) is 3.35. The number of aryl methyl sites for hydroxylation is 1. The number of rotatable bonds is 5. The fourth-order valence-corrected chi connectivity index (χ4v) is 3.47. The molecular formula is C23H19N7O2. The van der Waals surface area contributed by atoms with Crippen LogP contribution in [-0.4, -0.2) is 42.2 Å². The van der Waals surface area contributed by atoms with Gasteiger partial charge >= 0.3 is 0 Å². The summed E-state index contributed by atoms with van der Waals surface area (Å²) >= 11 is 0. The first-order valence-corrected chi connectivity index (χ1v) is 9.89. The third-order valence-electron chi connectivity index (χ3n) is 5.09. The number of nitrogens with zero attached hydrogens (tertiary/aromatic N) is 6. The van der Waals surface area contributed by atoms with Gasteiger partial charge in [-0.25, -0.2) is 14.6 Å². The van der Waals surface area contributed by atoms with Crippen LogP contribution in [0.3, 0.4) is 0 Å². The molecule has 0 saturated heterocycles. The van der Waals surface area contributed by atoms with Gasteiger partial charge in [0.2, 0.25) is 0 Å². The Labute approximate surface area is 183 Å². The molecule has 1 amide bonds. The highest BCUT2D eigenvalue weighted by atomic mass is 16.5. The van der Waals surface area contributed by atoms with Gasteiger partial charge in [0.05, 0.1) is 30.7 Å². The van der Waals surface area contributed by atoms with Crippen LogP contribution >= 0.6 is 0 Å². The standard InChI is InChI=1S/C23H19N7O2/c1-15-4-3-10-25-21(15)28-23(31)20-19-14-24-12-13-29(19)22(27-20)18-9-11-26-30(18)16-5-7-17(32-2)8-6-16/h3-14H,1-2H3,(H,25,28,31). The number of carbonyl (C=O) groups is 1. The van der Waals surface area contributed by atoms with E-state index in [2.05, 4.69) is 25.4 Å². The number of nitrogens with one attached hydrogen (secondary N) is 1. The maximum atomic E-state index is 13.1. The monoisotopic (exact) mass is 425 g/mol. The number of imidazole rings is 1. The predicted molar refractivity (Wildman–Crippen MR) is 119 cm³/mol. The van der Waals surface area contributed by atoms with Crippen LogP contribution in [0.2, 0.25) is 0 Å². The fraction of sp³-hybridized carbons (Fsp3) is 0.0870. The first kappa shape index (κ1) is 19.4. The molecule has 4 heterocycles. The summed E-state index contributed by atoms with van der Waals surface area (Å²) in [6, 6.07) is 13.1. The molecule has 0 saturated carbocycles. The lowest BCUT2D eigenvalue weighted by atomic mass is 10.3. The van der Waals surface area contributed by atoms with Crippen molar-refractivity contribution < 1.29 is 9.53 Å². The van der Waals surface area contributed by atoms with Crippen LogP contribution in [0.25, 0.3) is 22.7 Å². The molecule has 0 atom stereocenters. The summed E-state index contributed by atoms with van der Waals surface area (Å²) in [5.41, 5.74) is 3.26. The number of hydrogen-bond donors (Lipinski definition) is 1. The van der Waals surface area contributed by atoms with Crippen LogP contribution in [-0.2, 0) is 0 Å². The van der Waals surface area contributed by atoms with E-state index in [1.807, 2.05) is 53.8 Å². The van der Waals surface area contributed by atoms with Crippen LogP contribution in [0, 0.1) is 6.92 Å². The molecule has 0 aliphatic carbocycles. The van der Waals surface area contributed by atoms with Crippen molar-refractivity contribution in [2.24, 2.45) is 0 Å². The number of fused-ring (bicyclic) bond motifs is 1. The molecule has 158 valence electrons. The average molecular weight is 425 g/mol. The van der Waals surface area contributed by atoms with Gasteiger partial charge in [-0.15, -0.1) is 0 Å². The Kier molecular flexibility index (Phi) is 4.83. The quantitative estimate of drug-likeness (QED) is 0.462. The van der Waals surface area contributed by atoms with Gasteiger partial charge in [0, 0.05) is 18.6 Å². The SMILES string of the molecule is COc1ccc(-n2nccc2-c2nc(C(=O)Nc3ncccc3C)c3cnccn23)cc1. The van der Waals surface area contributed by atoms with Gasteiger partial charge in [0.25, 0.3) is 5.91 Å². The topological polar surface area (TPSA) is 99.2 Å². The third-order valence-corrected chi connectivity index (χ3v) is 5.09. The maximum Gasteiger partial charge on any atom is 0.277 e. The smallest absolute Gasteiger partial charge is 0.277 e. The first-order chi connectivity index (χ1) is 15.7. The molecule has 0 unspecified atom stereocenters. The summed E-state index contributed by atoms with van der Waals surface area (Å²) in [5.74, 6) is 1.45. The van der Waals surface area contributed by atoms with Gasteiger partial charge in [0.15, 0.2) is 11.5 Å². The highest BCUT2D eigenvalue weighted by Gasteiger charge is 2.22. The van der Waals surface area contributed by atoms with Crippen molar-refractivity contribution in [2.45, 2.75) is 6.92 Å². The minimum Gasteiger partial charge on any atom is -0.497 e. The highest BCUT2D eigenvalue weighted by Crippen LogP contribution is 2.26. The number of methoxy groups -OCH3 is 1. The number of aromatic nitrogens is 6. The zero-order valence-electron chi connectivity index (χ0n) is 17.4. The maximum absolute atomic E-state index is 13.1. The lowest BCUT2D eigenvalue weighted by molar-refractivity contribution is 0.102. The minimum atomic E-state index is -0.362. The van der Waals surface area contributed by atoms with E-state index in [0.29, 0.717) is 17.2 Å². The Morgan fingerprint density at radius 3 is 2.69 bits per heavy atom. The molecule has 9 heteroatoms. The fourth-order valence-electron chi connectivity index (χ4n) is 3.47. The minimum absolute atomic E-state index is 0.251. The molecule has 1 N–H and O–H groups in total. The molecule has 0 spiro atoms. The number of anilines is 1. The van der Waals surface area contributed by atoms with Crippen LogP contribution < -0.4 is 10.1 Å². The Hall–Kier alpha value is -4.53. The van der Waals surface area contributed by atoms with Crippen molar-refractivity contribution >= 4 is 17.2 Å². The normalized spacial score (nSPS) is 10.9. The largest absolute Gasteiger partial charge is 0.497 e. The Balaban J connectivity index is 1.59. The second kappa shape index (κ2) is 7.95. The lowest BCUT2D eigenvalue weighted by Crippen LogP contribution is -2.14. The van der Waals surface area contributed by atoms with Gasteiger partial charge in [-0.1, -0.05) is 6.07 Å². The molecule has 0 aliphatic rings. The second-order valence-electron chi connectivity index (χ2n) is 7.06. The molecule has 1 aromatic carbocycles. The van der Waals surface area contributed by atoms with Crippen LogP contribution in [0.5, 0.6) is 5.75 Å². The number of benzene rings is 1. The lowest BCUT2D eigenvalue weighted by Gasteiger charge is -2.08. The molecular weight excluding hydrogens is 406 g/mol. The van der Waals surface area contributed by atoms with E-state index < -0.39 is 0 Å². The number of hydrogen-bond acceptors (Lipinski definition) is 6. The van der Waals surface area contributed by atoms with Crippen LogP contribution in [0.1, 0.15) is 16.1 Å². The Morgan fingerprint density at radius 2 is 1.91 bits per heavy atom. The molecule has 5 aromatic rings. The van der Waals surface area contributed by atoms with Crippen molar-refractivity contribution in [3.63, 3.8) is 0 Å². The van der Waals surface area contributed by atoms with Crippen LogP contribution in [0.4, 0.5) is 5.82 Å². The van der Waals surface area contributed by atoms with Gasteiger partial charge in [-0.2, -0.15) is 5.10 Å². The number of carbonyl (C=O) groups excluding carboxylic acids is 1. The summed E-state index contributed by atoms with van der Waals surface area (Å²) in [6.07, 6.45) is 8.36. The molecule has 0 fully saturated rings. The number of amides is 1. The first-order valence-electron chi connectivity index (χ1n) is 9.89. The molecule has 9 nitrogen and oxygen atoms in total. The zero-order valence-corrected chi connectivity index (χ0v) is 17.4. The van der Waals surface area contributed by atoms with Crippen molar-refractivity contribution in [3.05, 3.63) is 84.7 Å². The summed E-state index contributed by atoms with van der Waals surface area (Å²) < 4.78 is 8.83. The van der Waals surface area contributed by atoms with Crippen molar-refractivity contribution in [2.75, 3.05) is 12.4 Å². The van der Waals surface area contributed by atoms with E-state index in [1.165, 1.54) is 0 Å². The van der Waals surface area contributed by atoms with Crippen molar-refractivity contribution in [1.29, 1.82) is 0 Å². The van der Waals surface area contributed by atoms with Gasteiger partial charge in [-0.3, -0.25) is 14.2 Å². The van der Waals surface area contributed by atoms with E-state index in [1.54, 1.807) is 42.8 Å². The predicted octanol–water partition coefficient (Wildman–Crippen LogP) is 3.55. The van der Waals surface area contributed by atoms with Gasteiger partial charge in [0.1, 0.15) is 17.3 Å². The molecule has 5 rings (SSSR count). The molecule has 0 aliphatic heterocycles. The molecule has 32 heavy (non-hydrogen) atoms. The number of ether oxygens (including phenoxy) is 1. The highest BCUT2D eigenvalue weighted by molar-refractivity contribution is 6.07. The van der Waals surface area contributed by atoms with E-state index >= 15 is 0 Å². The summed E-state index contributed by atoms with van der Waals surface area (Å²) in [4.78, 5) is 26.2. The van der Waals surface area contributed by atoms with Gasteiger partial charge in [-0.05, 0) is 48.9 Å². The van der Waals surface area contributed by atoms with E-state index in [9.17, 15) is 4.79 Å². The van der Waals surface area contributed by atoms with E-state index in [-0.39, 0.29) is 11.6 Å².